The standard InChI is InChI=1S/C51H99N2O6P/c1-6-8-10-12-14-16-18-20-21-22-23-24-25-26-27-28-29-30-31-33-34-36-38-40-42-44-50(54)49(48-59-60(56,57)58-47-46-53(3,4)5)52-51(55)45-43-41-39-37-35-32-19-17-15-13-11-9-7-2/h29-30,34,36,42,44,49-50,54H,6-28,31-33,35,37-41,43,45-48H2,1-5H3,(H-,52,55,56,57)/b30-29+,36-34+,44-42+. The third-order valence-electron chi connectivity index (χ3n) is 11.3. The molecule has 0 saturated carbocycles. The first-order valence-corrected chi connectivity index (χ1v) is 26.8. The van der Waals surface area contributed by atoms with Crippen LogP contribution in [-0.4, -0.2) is 68.5 Å². The Balaban J connectivity index is 4.33. The number of phosphoric ester groups is 1. The number of carbonyl (C=O) groups is 1. The second kappa shape index (κ2) is 43.0. The molecule has 0 rings (SSSR count). The molecule has 1 amide bonds. The average Bonchev–Trinajstić information content (AvgIpc) is 3.20. The van der Waals surface area contributed by atoms with E-state index in [0.29, 0.717) is 17.4 Å². The Morgan fingerprint density at radius 2 is 0.933 bits per heavy atom. The number of aliphatic hydroxyl groups excluding tert-OH is 1. The highest BCUT2D eigenvalue weighted by Gasteiger charge is 2.23. The van der Waals surface area contributed by atoms with Crippen molar-refractivity contribution in [2.45, 2.75) is 244 Å². The Kier molecular flexibility index (Phi) is 42.1. The van der Waals surface area contributed by atoms with Crippen molar-refractivity contribution in [2.75, 3.05) is 40.9 Å². The normalized spacial score (nSPS) is 14.4. The van der Waals surface area contributed by atoms with Crippen molar-refractivity contribution in [3.8, 4) is 0 Å². The van der Waals surface area contributed by atoms with E-state index in [2.05, 4.69) is 43.5 Å². The van der Waals surface area contributed by atoms with Gasteiger partial charge < -0.3 is 28.8 Å². The van der Waals surface area contributed by atoms with Crippen molar-refractivity contribution in [1.29, 1.82) is 0 Å². The second-order valence-corrected chi connectivity index (χ2v) is 19.9. The summed E-state index contributed by atoms with van der Waals surface area (Å²) in [4.78, 5) is 25.3. The molecule has 0 heterocycles. The molecule has 3 unspecified atom stereocenters. The SMILES string of the molecule is CCCCCCCCCCCCCCCCC/C=C/CC/C=C/CC/C=C/C(O)C(COP(=O)([O-])OCC[N+](C)(C)C)NC(=O)CCCCCCCCCCCCCCC. The van der Waals surface area contributed by atoms with Gasteiger partial charge >= 0.3 is 0 Å². The molecule has 0 radical (unpaired) electrons. The number of rotatable bonds is 46. The number of phosphoric acid groups is 1. The first kappa shape index (κ1) is 58.7. The molecule has 0 aromatic carbocycles. The van der Waals surface area contributed by atoms with Crippen LogP contribution in [0.25, 0.3) is 0 Å². The van der Waals surface area contributed by atoms with Gasteiger partial charge in [-0.05, 0) is 44.9 Å². The molecule has 354 valence electrons. The third-order valence-corrected chi connectivity index (χ3v) is 12.3. The Morgan fingerprint density at radius 1 is 0.567 bits per heavy atom. The lowest BCUT2D eigenvalue weighted by Gasteiger charge is -2.29. The Bertz CT molecular complexity index is 1070. The summed E-state index contributed by atoms with van der Waals surface area (Å²) in [5.41, 5.74) is 0. The van der Waals surface area contributed by atoms with Gasteiger partial charge in [0.25, 0.3) is 7.82 Å². The summed E-state index contributed by atoms with van der Waals surface area (Å²) < 4.78 is 23.2. The van der Waals surface area contributed by atoms with E-state index in [0.717, 1.165) is 44.9 Å². The maximum Gasteiger partial charge on any atom is 0.268 e. The van der Waals surface area contributed by atoms with E-state index in [1.807, 2.05) is 27.2 Å². The monoisotopic (exact) mass is 867 g/mol. The number of unbranched alkanes of at least 4 members (excludes halogenated alkanes) is 29. The smallest absolute Gasteiger partial charge is 0.268 e. The van der Waals surface area contributed by atoms with Crippen LogP contribution < -0.4 is 10.2 Å². The van der Waals surface area contributed by atoms with E-state index in [4.69, 9.17) is 9.05 Å². The highest BCUT2D eigenvalue weighted by molar-refractivity contribution is 7.45. The quantitative estimate of drug-likeness (QED) is 0.0273. The first-order valence-electron chi connectivity index (χ1n) is 25.4. The summed E-state index contributed by atoms with van der Waals surface area (Å²) in [5.74, 6) is -0.211. The molecule has 0 aliphatic rings. The molecular weight excluding hydrogens is 768 g/mol. The van der Waals surface area contributed by atoms with Crippen LogP contribution in [0.15, 0.2) is 36.5 Å². The number of amides is 1. The van der Waals surface area contributed by atoms with Crippen LogP contribution in [0.1, 0.15) is 232 Å². The molecule has 0 bridgehead atoms. The summed E-state index contributed by atoms with van der Waals surface area (Å²) in [6, 6.07) is -0.906. The number of aliphatic hydroxyl groups is 1. The molecule has 2 N–H and O–H groups in total. The molecule has 8 nitrogen and oxygen atoms in total. The van der Waals surface area contributed by atoms with E-state index in [1.165, 1.54) is 167 Å². The van der Waals surface area contributed by atoms with Gasteiger partial charge in [-0.15, -0.1) is 0 Å². The Morgan fingerprint density at radius 3 is 1.35 bits per heavy atom. The van der Waals surface area contributed by atoms with Crippen molar-refractivity contribution < 1.29 is 32.9 Å². The number of likely N-dealkylation sites (N-methyl/N-ethyl adjacent to an activating group) is 1. The van der Waals surface area contributed by atoms with Gasteiger partial charge in [-0.3, -0.25) is 9.36 Å². The fourth-order valence-electron chi connectivity index (χ4n) is 7.30. The van der Waals surface area contributed by atoms with E-state index in [-0.39, 0.29) is 12.5 Å². The largest absolute Gasteiger partial charge is 0.756 e. The molecule has 9 heteroatoms. The molecule has 3 atom stereocenters. The van der Waals surface area contributed by atoms with Crippen molar-refractivity contribution >= 4 is 13.7 Å². The Hall–Kier alpha value is -1.28. The van der Waals surface area contributed by atoms with E-state index >= 15 is 0 Å². The minimum Gasteiger partial charge on any atom is -0.756 e. The highest BCUT2D eigenvalue weighted by atomic mass is 31.2. The predicted octanol–water partition coefficient (Wildman–Crippen LogP) is 14.0. The number of hydrogen-bond donors (Lipinski definition) is 2. The average molecular weight is 867 g/mol. The fraction of sp³-hybridized carbons (Fsp3) is 0.863. The lowest BCUT2D eigenvalue weighted by molar-refractivity contribution is -0.870. The van der Waals surface area contributed by atoms with Crippen LogP contribution in [0.3, 0.4) is 0 Å². The molecule has 0 aromatic heterocycles. The molecule has 60 heavy (non-hydrogen) atoms. The molecule has 0 saturated heterocycles. The zero-order chi connectivity index (χ0) is 44.3. The van der Waals surface area contributed by atoms with Gasteiger partial charge in [0.1, 0.15) is 13.2 Å². The maximum atomic E-state index is 12.9. The molecule has 0 aromatic rings. The van der Waals surface area contributed by atoms with Gasteiger partial charge in [0.15, 0.2) is 0 Å². The molecule has 0 fully saturated rings. The zero-order valence-electron chi connectivity index (χ0n) is 40.2. The van der Waals surface area contributed by atoms with Crippen LogP contribution in [-0.2, 0) is 18.4 Å². The second-order valence-electron chi connectivity index (χ2n) is 18.5. The summed E-state index contributed by atoms with van der Waals surface area (Å²) in [5, 5.41) is 13.8. The van der Waals surface area contributed by atoms with Gasteiger partial charge in [0.2, 0.25) is 5.91 Å². The number of carbonyl (C=O) groups excluding carboxylic acids is 1. The van der Waals surface area contributed by atoms with Crippen molar-refractivity contribution in [3.05, 3.63) is 36.5 Å². The predicted molar refractivity (Wildman–Crippen MR) is 256 cm³/mol. The van der Waals surface area contributed by atoms with E-state index in [1.54, 1.807) is 6.08 Å². The highest BCUT2D eigenvalue weighted by Crippen LogP contribution is 2.38. The minimum absolute atomic E-state index is 0.00776. The number of allylic oxidation sites excluding steroid dienone is 5. The number of hydrogen-bond acceptors (Lipinski definition) is 6. The van der Waals surface area contributed by atoms with Crippen molar-refractivity contribution in [2.24, 2.45) is 0 Å². The lowest BCUT2D eigenvalue weighted by Crippen LogP contribution is -2.45. The van der Waals surface area contributed by atoms with Crippen molar-refractivity contribution in [1.82, 2.24) is 5.32 Å². The summed E-state index contributed by atoms with van der Waals surface area (Å²) in [6.45, 7) is 4.63. The van der Waals surface area contributed by atoms with Crippen molar-refractivity contribution in [3.63, 3.8) is 0 Å². The molecule has 0 spiro atoms. The maximum absolute atomic E-state index is 12.9. The number of nitrogens with one attached hydrogen (secondary N) is 1. The first-order chi connectivity index (χ1) is 29.0. The third kappa shape index (κ3) is 44.8. The van der Waals surface area contributed by atoms with Crippen LogP contribution in [0.5, 0.6) is 0 Å². The van der Waals surface area contributed by atoms with Crippen LogP contribution >= 0.6 is 7.82 Å². The Labute approximate surface area is 372 Å². The topological polar surface area (TPSA) is 108 Å². The zero-order valence-corrected chi connectivity index (χ0v) is 41.1. The van der Waals surface area contributed by atoms with Gasteiger partial charge in [-0.2, -0.15) is 0 Å². The summed E-state index contributed by atoms with van der Waals surface area (Å²) in [7, 11) is 1.24. The summed E-state index contributed by atoms with van der Waals surface area (Å²) >= 11 is 0. The van der Waals surface area contributed by atoms with E-state index < -0.39 is 26.6 Å². The van der Waals surface area contributed by atoms with Gasteiger partial charge in [0.05, 0.1) is 39.9 Å². The fourth-order valence-corrected chi connectivity index (χ4v) is 8.03. The van der Waals surface area contributed by atoms with E-state index in [9.17, 15) is 19.4 Å². The van der Waals surface area contributed by atoms with Crippen LogP contribution in [0.4, 0.5) is 0 Å². The van der Waals surface area contributed by atoms with Gasteiger partial charge in [0, 0.05) is 6.42 Å². The van der Waals surface area contributed by atoms with Crippen LogP contribution in [0.2, 0.25) is 0 Å². The molecular formula is C51H99N2O6P. The van der Waals surface area contributed by atoms with Crippen LogP contribution in [0, 0.1) is 0 Å². The van der Waals surface area contributed by atoms with Gasteiger partial charge in [-0.25, -0.2) is 0 Å². The lowest BCUT2D eigenvalue weighted by atomic mass is 10.0. The molecule has 0 aliphatic heterocycles. The summed E-state index contributed by atoms with van der Waals surface area (Å²) in [6.07, 6.45) is 53.6. The minimum atomic E-state index is -4.60. The number of quaternary nitrogens is 1. The van der Waals surface area contributed by atoms with Gasteiger partial charge in [-0.1, -0.05) is 217 Å². The molecule has 0 aliphatic carbocycles. The number of nitrogens with zero attached hydrogens (tertiary/aromatic N) is 1.